The summed E-state index contributed by atoms with van der Waals surface area (Å²) in [5, 5.41) is 4.80. The van der Waals surface area contributed by atoms with E-state index in [1.807, 2.05) is 35.6 Å². The molecule has 0 aliphatic rings. The van der Waals surface area contributed by atoms with Crippen LogP contribution >= 0.6 is 11.3 Å². The van der Waals surface area contributed by atoms with Gasteiger partial charge in [0.05, 0.1) is 33.6 Å². The van der Waals surface area contributed by atoms with Crippen molar-refractivity contribution in [1.29, 1.82) is 0 Å². The molecule has 0 atom stereocenters. The van der Waals surface area contributed by atoms with Gasteiger partial charge in [-0.05, 0) is 47.5 Å². The molecule has 4 aromatic heterocycles. The van der Waals surface area contributed by atoms with Crippen molar-refractivity contribution in [2.24, 2.45) is 0 Å². The van der Waals surface area contributed by atoms with Crippen LogP contribution in [0.4, 0.5) is 0 Å². The number of benzene rings is 8. The number of pyridine rings is 1. The van der Waals surface area contributed by atoms with Crippen LogP contribution < -0.4 is 0 Å². The zero-order valence-corrected chi connectivity index (χ0v) is 34.3. The first-order chi connectivity index (χ1) is 30.7. The van der Waals surface area contributed by atoms with E-state index < -0.39 is 0 Å². The molecule has 0 aliphatic carbocycles. The molecule has 12 rings (SSSR count). The van der Waals surface area contributed by atoms with Gasteiger partial charge in [0, 0.05) is 64.6 Å². The topological polar surface area (TPSA) is 43.6 Å². The highest BCUT2D eigenvalue weighted by atomic mass is 32.1. The van der Waals surface area contributed by atoms with Crippen LogP contribution in [-0.4, -0.2) is 19.5 Å². The lowest BCUT2D eigenvalue weighted by Crippen LogP contribution is -1.96. The zero-order valence-electron chi connectivity index (χ0n) is 33.5. The fraction of sp³-hybridized carbons (Fsp3) is 0. The molecule has 0 fully saturated rings. The third-order valence-corrected chi connectivity index (χ3v) is 13.1. The van der Waals surface area contributed by atoms with Crippen molar-refractivity contribution < 1.29 is 0 Å². The van der Waals surface area contributed by atoms with Crippen molar-refractivity contribution >= 4 is 54.1 Å². The number of rotatable bonds is 7. The quantitative estimate of drug-likeness (QED) is 0.161. The van der Waals surface area contributed by atoms with Crippen LogP contribution in [-0.2, 0) is 0 Å². The second-order valence-electron chi connectivity index (χ2n) is 15.5. The lowest BCUT2D eigenvalue weighted by molar-refractivity contribution is 1.18. The van der Waals surface area contributed by atoms with Crippen molar-refractivity contribution in [2.45, 2.75) is 0 Å². The van der Waals surface area contributed by atoms with Gasteiger partial charge in [-0.2, -0.15) is 0 Å². The fourth-order valence-electron chi connectivity index (χ4n) is 8.93. The number of hydrogen-bond donors (Lipinski definition) is 0. The molecular formula is C57H36N4S. The van der Waals surface area contributed by atoms with Crippen molar-refractivity contribution in [3.05, 3.63) is 218 Å². The zero-order chi connectivity index (χ0) is 41.0. The summed E-state index contributed by atoms with van der Waals surface area (Å²) in [5.74, 6) is 0.703. The van der Waals surface area contributed by atoms with E-state index in [4.69, 9.17) is 15.0 Å². The standard InChI is InChI=1S/C57H36N4S/c1-4-17-37(18-5-1)48-36-49(60-57(59-48)41-21-8-3-9-22-41)38-31-33-40(34-32-38)55-52(53-54(39-19-6-2-7-20-39)58-47-28-13-10-27-46(47)56(53)62-55)42-23-16-24-43(35-42)61-50-29-14-11-25-44(50)45-26-12-15-30-51(45)61/h1-36H. The molecule has 0 spiro atoms. The van der Waals surface area contributed by atoms with Gasteiger partial charge in [0.2, 0.25) is 0 Å². The first-order valence-corrected chi connectivity index (χ1v) is 21.7. The molecule has 0 N–H and O–H groups in total. The molecule has 4 heterocycles. The van der Waals surface area contributed by atoms with Crippen LogP contribution in [0, 0.1) is 0 Å². The maximum atomic E-state index is 5.43. The number of thiophene rings is 1. The third kappa shape index (κ3) is 6.09. The van der Waals surface area contributed by atoms with Crippen molar-refractivity contribution in [3.8, 4) is 72.4 Å². The van der Waals surface area contributed by atoms with E-state index in [-0.39, 0.29) is 0 Å². The summed E-state index contributed by atoms with van der Waals surface area (Å²) in [4.78, 5) is 16.8. The summed E-state index contributed by atoms with van der Waals surface area (Å²) >= 11 is 1.85. The van der Waals surface area contributed by atoms with Gasteiger partial charge in [-0.25, -0.2) is 15.0 Å². The molecule has 0 amide bonds. The predicted molar refractivity (Wildman–Crippen MR) is 260 cm³/mol. The number of fused-ring (bicyclic) bond motifs is 6. The smallest absolute Gasteiger partial charge is 0.160 e. The minimum Gasteiger partial charge on any atom is -0.309 e. The summed E-state index contributed by atoms with van der Waals surface area (Å²) < 4.78 is 3.62. The first kappa shape index (κ1) is 35.9. The molecule has 0 radical (unpaired) electrons. The fourth-order valence-corrected chi connectivity index (χ4v) is 10.3. The summed E-state index contributed by atoms with van der Waals surface area (Å²) in [6.07, 6.45) is 0. The van der Waals surface area contributed by atoms with Gasteiger partial charge in [0.25, 0.3) is 0 Å². The Kier molecular flexibility index (Phi) is 8.65. The number of nitrogens with zero attached hydrogens (tertiary/aromatic N) is 4. The number of hydrogen-bond acceptors (Lipinski definition) is 4. The minimum absolute atomic E-state index is 0.703. The molecular weight excluding hydrogens is 773 g/mol. The normalized spacial score (nSPS) is 11.5. The number of aromatic nitrogens is 4. The van der Waals surface area contributed by atoms with Gasteiger partial charge in [-0.1, -0.05) is 182 Å². The molecule has 290 valence electrons. The van der Waals surface area contributed by atoms with Crippen LogP contribution in [0.5, 0.6) is 0 Å². The van der Waals surface area contributed by atoms with Crippen LogP contribution in [0.25, 0.3) is 115 Å². The highest BCUT2D eigenvalue weighted by molar-refractivity contribution is 7.24. The molecule has 5 heteroatoms. The monoisotopic (exact) mass is 808 g/mol. The Morgan fingerprint density at radius 3 is 1.55 bits per heavy atom. The Morgan fingerprint density at radius 1 is 0.371 bits per heavy atom. The van der Waals surface area contributed by atoms with Gasteiger partial charge in [-0.3, -0.25) is 0 Å². The molecule has 62 heavy (non-hydrogen) atoms. The second-order valence-corrected chi connectivity index (χ2v) is 16.6. The molecule has 0 unspecified atom stereocenters. The van der Waals surface area contributed by atoms with Crippen molar-refractivity contribution in [1.82, 2.24) is 19.5 Å². The molecule has 12 aromatic rings. The lowest BCUT2D eigenvalue weighted by Gasteiger charge is -2.14. The van der Waals surface area contributed by atoms with Gasteiger partial charge < -0.3 is 4.57 Å². The minimum atomic E-state index is 0.703. The SMILES string of the molecule is c1ccc(-c2cc(-c3ccc(-c4sc5c(c(-c6ccccc6)nc6ccccc65)c4-c4cccc(-n5c6ccccc6c6ccccc65)c4)cc3)nc(-c3ccccc3)n2)cc1. The highest BCUT2D eigenvalue weighted by Gasteiger charge is 2.24. The Labute approximate surface area is 362 Å². The second kappa shape index (κ2) is 14.9. The largest absolute Gasteiger partial charge is 0.309 e. The Morgan fingerprint density at radius 2 is 0.887 bits per heavy atom. The van der Waals surface area contributed by atoms with E-state index in [9.17, 15) is 0 Å². The van der Waals surface area contributed by atoms with Crippen LogP contribution in [0.3, 0.4) is 0 Å². The van der Waals surface area contributed by atoms with Gasteiger partial charge in [0.15, 0.2) is 5.82 Å². The molecule has 0 bridgehead atoms. The van der Waals surface area contributed by atoms with Crippen LogP contribution in [0.1, 0.15) is 0 Å². The van der Waals surface area contributed by atoms with Crippen molar-refractivity contribution in [2.75, 3.05) is 0 Å². The maximum Gasteiger partial charge on any atom is 0.160 e. The molecule has 4 nitrogen and oxygen atoms in total. The Bertz CT molecular complexity index is 3500. The molecule has 0 saturated carbocycles. The average Bonchev–Trinajstić information content (AvgIpc) is 3.92. The van der Waals surface area contributed by atoms with Crippen molar-refractivity contribution in [3.63, 3.8) is 0 Å². The van der Waals surface area contributed by atoms with E-state index in [0.29, 0.717) is 5.82 Å². The molecule has 8 aromatic carbocycles. The molecule has 0 aliphatic heterocycles. The van der Waals surface area contributed by atoms with E-state index in [1.54, 1.807) is 0 Å². The maximum absolute atomic E-state index is 5.43. The van der Waals surface area contributed by atoms with Gasteiger partial charge >= 0.3 is 0 Å². The highest BCUT2D eigenvalue weighted by Crippen LogP contribution is 2.50. The van der Waals surface area contributed by atoms with Gasteiger partial charge in [-0.15, -0.1) is 11.3 Å². The van der Waals surface area contributed by atoms with Crippen LogP contribution in [0.15, 0.2) is 218 Å². The summed E-state index contributed by atoms with van der Waals surface area (Å²) in [7, 11) is 0. The van der Waals surface area contributed by atoms with E-state index >= 15 is 0 Å². The lowest BCUT2D eigenvalue weighted by atomic mass is 9.94. The third-order valence-electron chi connectivity index (χ3n) is 11.8. The van der Waals surface area contributed by atoms with E-state index in [0.717, 1.165) is 72.4 Å². The van der Waals surface area contributed by atoms with Gasteiger partial charge in [0.1, 0.15) is 0 Å². The van der Waals surface area contributed by atoms with E-state index in [2.05, 4.69) is 199 Å². The van der Waals surface area contributed by atoms with E-state index in [1.165, 1.54) is 36.9 Å². The summed E-state index contributed by atoms with van der Waals surface area (Å²) in [6.45, 7) is 0. The molecule has 0 saturated heterocycles. The predicted octanol–water partition coefficient (Wildman–Crippen LogP) is 15.3. The average molecular weight is 809 g/mol. The van der Waals surface area contributed by atoms with Crippen LogP contribution in [0.2, 0.25) is 0 Å². The summed E-state index contributed by atoms with van der Waals surface area (Å²) in [5.41, 5.74) is 14.8. The Balaban J connectivity index is 1.08. The summed E-state index contributed by atoms with van der Waals surface area (Å²) in [6, 6.07) is 77.2. The Hall–Kier alpha value is -7.99. The first-order valence-electron chi connectivity index (χ1n) is 20.9. The number of para-hydroxylation sites is 3.